The van der Waals surface area contributed by atoms with Gasteiger partial charge in [0.1, 0.15) is 18.1 Å². The molecule has 1 unspecified atom stereocenters. The minimum atomic E-state index is -0.814. The largest absolute Gasteiger partial charge is 0.872 e. The molecule has 1 saturated heterocycles. The van der Waals surface area contributed by atoms with Crippen molar-refractivity contribution < 1.29 is 24.0 Å². The number of H-pyrrole nitrogens is 1. The van der Waals surface area contributed by atoms with Crippen LogP contribution in [0.1, 0.15) is 30.5 Å². The van der Waals surface area contributed by atoms with Crippen molar-refractivity contribution in [1.29, 1.82) is 0 Å². The number of aromatic amines is 1. The molecule has 1 aromatic heterocycles. The Bertz CT molecular complexity index is 1220. The molecular weight excluding hydrogens is 477 g/mol. The third kappa shape index (κ3) is 4.81. The number of nitrogens with zero attached hydrogens (tertiary/aromatic N) is 2. The summed E-state index contributed by atoms with van der Waals surface area (Å²) in [7, 11) is 0. The standard InChI is InChI=1S/C25H23Cl2N3O4/c1-2-34-20-9-6-17(14-19(20)27)23(31)21-22(16-4-7-18(26)8-5-16)30(25(33)24(21)32)12-3-11-29-13-10-28-15-29/h4-10,13-15,22H,2-3,11-12H2,1H3,(H,31,32). The lowest BCUT2D eigenvalue weighted by Crippen LogP contribution is -2.36. The van der Waals surface area contributed by atoms with E-state index in [0.29, 0.717) is 42.5 Å². The fourth-order valence-corrected chi connectivity index (χ4v) is 4.41. The zero-order valence-electron chi connectivity index (χ0n) is 18.5. The van der Waals surface area contributed by atoms with Gasteiger partial charge in [-0.05, 0) is 42.3 Å². The van der Waals surface area contributed by atoms with Gasteiger partial charge in [0, 0.05) is 23.6 Å². The van der Waals surface area contributed by atoms with Crippen molar-refractivity contribution in [3.05, 3.63) is 87.9 Å². The summed E-state index contributed by atoms with van der Waals surface area (Å²) in [6, 6.07) is 10.6. The zero-order chi connectivity index (χ0) is 24.2. The summed E-state index contributed by atoms with van der Waals surface area (Å²) >= 11 is 12.3. The highest BCUT2D eigenvalue weighted by Gasteiger charge is 2.43. The fraction of sp³-hybridized carbons (Fsp3) is 0.240. The van der Waals surface area contributed by atoms with E-state index in [1.165, 1.54) is 11.0 Å². The van der Waals surface area contributed by atoms with E-state index in [-0.39, 0.29) is 16.2 Å². The molecule has 0 aliphatic carbocycles. The molecule has 9 heteroatoms. The van der Waals surface area contributed by atoms with Crippen LogP contribution in [-0.4, -0.2) is 34.7 Å². The first-order chi connectivity index (χ1) is 16.4. The minimum absolute atomic E-state index is 0.0955. The molecule has 0 spiro atoms. The van der Waals surface area contributed by atoms with Crippen molar-refractivity contribution in [3.8, 4) is 5.75 Å². The van der Waals surface area contributed by atoms with Gasteiger partial charge in [0.25, 0.3) is 5.91 Å². The van der Waals surface area contributed by atoms with Crippen LogP contribution in [0.4, 0.5) is 0 Å². The van der Waals surface area contributed by atoms with Gasteiger partial charge in [0.15, 0.2) is 0 Å². The van der Waals surface area contributed by atoms with E-state index in [1.807, 2.05) is 24.0 Å². The van der Waals surface area contributed by atoms with Gasteiger partial charge in [0.2, 0.25) is 12.1 Å². The number of carbonyl (C=O) groups is 2. The minimum Gasteiger partial charge on any atom is -0.872 e. The van der Waals surface area contributed by atoms with Crippen LogP contribution in [0.15, 0.2) is 66.8 Å². The first-order valence-electron chi connectivity index (χ1n) is 10.9. The number of amides is 1. The van der Waals surface area contributed by atoms with Crippen LogP contribution in [0.2, 0.25) is 10.0 Å². The Labute approximate surface area is 207 Å². The molecule has 1 aliphatic rings. The number of imidazole rings is 1. The summed E-state index contributed by atoms with van der Waals surface area (Å²) in [4.78, 5) is 30.5. The summed E-state index contributed by atoms with van der Waals surface area (Å²) in [5, 5.41) is 14.3. The number of halogens is 2. The number of benzene rings is 2. The van der Waals surface area contributed by atoms with Crippen molar-refractivity contribution in [2.75, 3.05) is 13.2 Å². The van der Waals surface area contributed by atoms with Crippen molar-refractivity contribution in [2.45, 2.75) is 25.9 Å². The SMILES string of the molecule is CCOc1ccc(C([O-])=C2C(=O)C(=O)N(CCC[n+]3cc[nH]c3)C2c2ccc(Cl)cc2)cc1Cl. The number of hydrogen-bond acceptors (Lipinski definition) is 4. The van der Waals surface area contributed by atoms with E-state index in [0.717, 1.165) is 0 Å². The summed E-state index contributed by atoms with van der Waals surface area (Å²) in [5.41, 5.74) is 0.758. The number of aromatic nitrogens is 2. The molecule has 2 heterocycles. The number of ether oxygens (including phenoxy) is 1. The molecule has 4 rings (SSSR count). The molecule has 0 bridgehead atoms. The highest BCUT2D eigenvalue weighted by Crippen LogP contribution is 2.39. The maximum Gasteiger partial charge on any atom is 0.295 e. The highest BCUT2D eigenvalue weighted by atomic mass is 35.5. The normalized spacial score (nSPS) is 17.4. The summed E-state index contributed by atoms with van der Waals surface area (Å²) in [6.45, 7) is 3.20. The van der Waals surface area contributed by atoms with Gasteiger partial charge in [-0.25, -0.2) is 4.57 Å². The van der Waals surface area contributed by atoms with Crippen LogP contribution in [0.3, 0.4) is 0 Å². The Hall–Kier alpha value is -3.29. The van der Waals surface area contributed by atoms with Crippen LogP contribution in [0.5, 0.6) is 5.75 Å². The number of rotatable bonds is 8. The van der Waals surface area contributed by atoms with Gasteiger partial charge in [-0.15, -0.1) is 0 Å². The molecule has 1 amide bonds. The van der Waals surface area contributed by atoms with Crippen LogP contribution in [-0.2, 0) is 16.1 Å². The van der Waals surface area contributed by atoms with Crippen LogP contribution >= 0.6 is 23.2 Å². The molecular formula is C25H23Cl2N3O4. The number of aryl methyl sites for hydroxylation is 1. The average Bonchev–Trinajstić information content (AvgIpc) is 3.43. The number of Topliss-reactive ketones (excluding diaryl/α,β-unsaturated/α-hetero) is 1. The van der Waals surface area contributed by atoms with E-state index in [1.54, 1.807) is 42.6 Å². The van der Waals surface area contributed by atoms with Gasteiger partial charge >= 0.3 is 0 Å². The molecule has 1 fully saturated rings. The second-order valence-electron chi connectivity index (χ2n) is 7.81. The summed E-state index contributed by atoms with van der Waals surface area (Å²) < 4.78 is 7.37. The maximum atomic E-state index is 13.5. The summed E-state index contributed by atoms with van der Waals surface area (Å²) in [5.74, 6) is -1.59. The van der Waals surface area contributed by atoms with E-state index in [2.05, 4.69) is 4.98 Å². The van der Waals surface area contributed by atoms with Crippen LogP contribution in [0, 0.1) is 0 Å². The summed E-state index contributed by atoms with van der Waals surface area (Å²) in [6.07, 6.45) is 6.09. The quantitative estimate of drug-likeness (QED) is 0.223. The zero-order valence-corrected chi connectivity index (χ0v) is 20.0. The molecule has 1 N–H and O–H groups in total. The topological polar surface area (TPSA) is 89.3 Å². The van der Waals surface area contributed by atoms with Gasteiger partial charge in [0.05, 0.1) is 24.2 Å². The van der Waals surface area contributed by atoms with Gasteiger partial charge < -0.3 is 14.7 Å². The number of carbonyl (C=O) groups excluding carboxylic acids is 2. The fourth-order valence-electron chi connectivity index (χ4n) is 4.05. The van der Waals surface area contributed by atoms with E-state index in [9.17, 15) is 14.7 Å². The van der Waals surface area contributed by atoms with Gasteiger partial charge in [-0.2, -0.15) is 0 Å². The Morgan fingerprint density at radius 1 is 1.18 bits per heavy atom. The number of likely N-dealkylation sites (tertiary alicyclic amines) is 1. The molecule has 34 heavy (non-hydrogen) atoms. The van der Waals surface area contributed by atoms with Crippen molar-refractivity contribution in [2.24, 2.45) is 0 Å². The van der Waals surface area contributed by atoms with Crippen molar-refractivity contribution in [1.82, 2.24) is 9.88 Å². The van der Waals surface area contributed by atoms with E-state index < -0.39 is 23.5 Å². The first-order valence-corrected chi connectivity index (χ1v) is 11.6. The third-order valence-electron chi connectivity index (χ3n) is 5.63. The lowest BCUT2D eigenvalue weighted by Gasteiger charge is -2.27. The lowest BCUT2D eigenvalue weighted by molar-refractivity contribution is -0.695. The Kier molecular flexibility index (Phi) is 7.24. The molecule has 0 radical (unpaired) electrons. The third-order valence-corrected chi connectivity index (χ3v) is 6.17. The molecule has 176 valence electrons. The Morgan fingerprint density at radius 3 is 2.59 bits per heavy atom. The molecule has 7 nitrogen and oxygen atoms in total. The monoisotopic (exact) mass is 499 g/mol. The number of nitrogens with one attached hydrogen (secondary N) is 1. The predicted molar refractivity (Wildman–Crippen MR) is 126 cm³/mol. The molecule has 0 saturated carbocycles. The van der Waals surface area contributed by atoms with E-state index in [4.69, 9.17) is 27.9 Å². The lowest BCUT2D eigenvalue weighted by atomic mass is 9.95. The van der Waals surface area contributed by atoms with Crippen molar-refractivity contribution in [3.63, 3.8) is 0 Å². The molecule has 1 aliphatic heterocycles. The first kappa shape index (κ1) is 23.9. The maximum absolute atomic E-state index is 13.5. The van der Waals surface area contributed by atoms with Crippen LogP contribution < -0.4 is 14.4 Å². The van der Waals surface area contributed by atoms with E-state index >= 15 is 0 Å². The molecule has 2 aromatic carbocycles. The molecule has 1 atom stereocenters. The highest BCUT2D eigenvalue weighted by molar-refractivity contribution is 6.46. The Balaban J connectivity index is 1.73. The second-order valence-corrected chi connectivity index (χ2v) is 8.65. The Morgan fingerprint density at radius 2 is 1.94 bits per heavy atom. The van der Waals surface area contributed by atoms with Gasteiger partial charge in [-0.1, -0.05) is 47.2 Å². The number of ketones is 1. The van der Waals surface area contributed by atoms with Crippen LogP contribution in [0.25, 0.3) is 5.76 Å². The molecule has 3 aromatic rings. The second kappa shape index (κ2) is 10.3. The smallest absolute Gasteiger partial charge is 0.295 e. The van der Waals surface area contributed by atoms with Gasteiger partial charge in [-0.3, -0.25) is 14.6 Å². The van der Waals surface area contributed by atoms with Crippen molar-refractivity contribution >= 4 is 40.7 Å². The number of hydrogen-bond donors (Lipinski definition) is 1. The predicted octanol–water partition coefficient (Wildman–Crippen LogP) is 3.32. The average molecular weight is 500 g/mol.